The standard InChI is InChI=1S/C17H21FN4OS2/c1-11-6-2-4-8-13(11)19-15(23)10-24-17-22-21-16(25-17)20-14-9-5-3-7-12(14)18/h3,5,7,9,11,13H,2,4,6,8,10H2,1H3,(H,19,23)(H,20,21)/t11-,13+/m0/s1. The molecular formula is C17H21FN4OS2. The summed E-state index contributed by atoms with van der Waals surface area (Å²) >= 11 is 2.66. The third kappa shape index (κ3) is 5.15. The number of para-hydroxylation sites is 1. The molecule has 1 aliphatic carbocycles. The summed E-state index contributed by atoms with van der Waals surface area (Å²) in [6, 6.07) is 6.69. The van der Waals surface area contributed by atoms with Crippen LogP contribution < -0.4 is 10.6 Å². The fourth-order valence-corrected chi connectivity index (χ4v) is 4.48. The highest BCUT2D eigenvalue weighted by Gasteiger charge is 2.22. The fourth-order valence-electron chi connectivity index (χ4n) is 2.90. The van der Waals surface area contributed by atoms with Gasteiger partial charge in [-0.25, -0.2) is 4.39 Å². The molecule has 0 saturated heterocycles. The Labute approximate surface area is 154 Å². The van der Waals surface area contributed by atoms with Crippen molar-refractivity contribution >= 4 is 39.8 Å². The van der Waals surface area contributed by atoms with E-state index in [0.29, 0.717) is 26.8 Å². The number of carbonyl (C=O) groups excluding carboxylic acids is 1. The van der Waals surface area contributed by atoms with Gasteiger partial charge >= 0.3 is 0 Å². The molecule has 1 amide bonds. The van der Waals surface area contributed by atoms with E-state index in [4.69, 9.17) is 0 Å². The second-order valence-corrected chi connectivity index (χ2v) is 8.40. The molecule has 2 aromatic rings. The number of benzene rings is 1. The predicted molar refractivity (Wildman–Crippen MR) is 99.9 cm³/mol. The Morgan fingerprint density at radius 2 is 2.12 bits per heavy atom. The highest BCUT2D eigenvalue weighted by atomic mass is 32.2. The number of anilines is 2. The van der Waals surface area contributed by atoms with Crippen molar-refractivity contribution in [2.75, 3.05) is 11.1 Å². The molecule has 1 heterocycles. The Hall–Kier alpha value is -1.67. The van der Waals surface area contributed by atoms with Gasteiger partial charge in [-0.3, -0.25) is 4.79 Å². The zero-order chi connectivity index (χ0) is 17.6. The first kappa shape index (κ1) is 18.1. The van der Waals surface area contributed by atoms with Crippen molar-refractivity contribution in [3.8, 4) is 0 Å². The van der Waals surface area contributed by atoms with E-state index in [-0.39, 0.29) is 17.8 Å². The maximum absolute atomic E-state index is 13.6. The van der Waals surface area contributed by atoms with Crippen LogP contribution in [-0.2, 0) is 4.79 Å². The average molecular weight is 381 g/mol. The second-order valence-electron chi connectivity index (χ2n) is 6.20. The third-order valence-electron chi connectivity index (χ3n) is 4.31. The van der Waals surface area contributed by atoms with Crippen LogP contribution in [0.1, 0.15) is 32.6 Å². The zero-order valence-electron chi connectivity index (χ0n) is 14.0. The Balaban J connectivity index is 1.48. The lowest BCUT2D eigenvalue weighted by atomic mass is 9.86. The van der Waals surface area contributed by atoms with Crippen molar-refractivity contribution in [1.82, 2.24) is 15.5 Å². The van der Waals surface area contributed by atoms with Crippen molar-refractivity contribution in [3.05, 3.63) is 30.1 Å². The maximum atomic E-state index is 13.6. The molecule has 25 heavy (non-hydrogen) atoms. The topological polar surface area (TPSA) is 66.9 Å². The van der Waals surface area contributed by atoms with Gasteiger partial charge in [0, 0.05) is 6.04 Å². The van der Waals surface area contributed by atoms with Gasteiger partial charge in [0.15, 0.2) is 4.34 Å². The van der Waals surface area contributed by atoms with Crippen molar-refractivity contribution in [3.63, 3.8) is 0 Å². The molecular weight excluding hydrogens is 359 g/mol. The Kier molecular flexibility index (Phi) is 6.25. The quantitative estimate of drug-likeness (QED) is 0.735. The normalized spacial score (nSPS) is 20.2. The number of nitrogens with zero attached hydrogens (tertiary/aromatic N) is 2. The van der Waals surface area contributed by atoms with Gasteiger partial charge in [0.05, 0.1) is 11.4 Å². The lowest BCUT2D eigenvalue weighted by Gasteiger charge is -2.29. The van der Waals surface area contributed by atoms with Gasteiger partial charge in [-0.2, -0.15) is 0 Å². The molecule has 1 fully saturated rings. The summed E-state index contributed by atoms with van der Waals surface area (Å²) in [7, 11) is 0. The van der Waals surface area contributed by atoms with Crippen molar-refractivity contribution in [2.24, 2.45) is 5.92 Å². The minimum atomic E-state index is -0.340. The van der Waals surface area contributed by atoms with Gasteiger partial charge in [0.25, 0.3) is 0 Å². The molecule has 0 aliphatic heterocycles. The molecule has 3 rings (SSSR count). The maximum Gasteiger partial charge on any atom is 0.230 e. The number of amides is 1. The number of aromatic nitrogens is 2. The van der Waals surface area contributed by atoms with Gasteiger partial charge in [0.1, 0.15) is 5.82 Å². The Bertz CT molecular complexity index is 724. The SMILES string of the molecule is C[C@H]1CCCC[C@H]1NC(=O)CSc1nnc(Nc2ccccc2F)s1. The number of carbonyl (C=O) groups is 1. The van der Waals surface area contributed by atoms with E-state index in [0.717, 1.165) is 6.42 Å². The number of hydrogen-bond acceptors (Lipinski definition) is 6. The average Bonchev–Trinajstić information content (AvgIpc) is 3.05. The smallest absolute Gasteiger partial charge is 0.230 e. The third-order valence-corrected chi connectivity index (χ3v) is 6.28. The molecule has 2 N–H and O–H groups in total. The monoisotopic (exact) mass is 380 g/mol. The number of hydrogen-bond donors (Lipinski definition) is 2. The van der Waals surface area contributed by atoms with E-state index >= 15 is 0 Å². The number of nitrogens with one attached hydrogen (secondary N) is 2. The number of halogens is 1. The van der Waals surface area contributed by atoms with Crippen molar-refractivity contribution < 1.29 is 9.18 Å². The van der Waals surface area contributed by atoms with Crippen LogP contribution in [-0.4, -0.2) is 27.9 Å². The van der Waals surface area contributed by atoms with Gasteiger partial charge in [0.2, 0.25) is 11.0 Å². The summed E-state index contributed by atoms with van der Waals surface area (Å²) in [5.74, 6) is 0.550. The summed E-state index contributed by atoms with van der Waals surface area (Å²) in [6.07, 6.45) is 4.68. The molecule has 1 aromatic heterocycles. The first-order valence-electron chi connectivity index (χ1n) is 8.39. The number of rotatable bonds is 6. The molecule has 0 spiro atoms. The van der Waals surface area contributed by atoms with Crippen molar-refractivity contribution in [1.29, 1.82) is 0 Å². The van der Waals surface area contributed by atoms with Gasteiger partial charge < -0.3 is 10.6 Å². The molecule has 0 radical (unpaired) electrons. The lowest BCUT2D eigenvalue weighted by molar-refractivity contribution is -0.119. The van der Waals surface area contributed by atoms with E-state index in [1.165, 1.54) is 48.4 Å². The molecule has 134 valence electrons. The first-order chi connectivity index (χ1) is 12.1. The van der Waals surface area contributed by atoms with E-state index < -0.39 is 0 Å². The van der Waals surface area contributed by atoms with Crippen LogP contribution in [0.15, 0.2) is 28.6 Å². The zero-order valence-corrected chi connectivity index (χ0v) is 15.6. The van der Waals surface area contributed by atoms with E-state index in [1.54, 1.807) is 18.2 Å². The first-order valence-corrected chi connectivity index (χ1v) is 10.2. The van der Waals surface area contributed by atoms with E-state index in [9.17, 15) is 9.18 Å². The molecule has 0 bridgehead atoms. The van der Waals surface area contributed by atoms with Crippen LogP contribution in [0.5, 0.6) is 0 Å². The molecule has 1 saturated carbocycles. The molecule has 8 heteroatoms. The highest BCUT2D eigenvalue weighted by molar-refractivity contribution is 8.01. The van der Waals surface area contributed by atoms with Crippen LogP contribution in [0.3, 0.4) is 0 Å². The van der Waals surface area contributed by atoms with Crippen LogP contribution in [0.25, 0.3) is 0 Å². The predicted octanol–water partition coefficient (Wildman–Crippen LogP) is 4.21. The van der Waals surface area contributed by atoms with Crippen LogP contribution >= 0.6 is 23.1 Å². The van der Waals surface area contributed by atoms with E-state index in [2.05, 4.69) is 27.8 Å². The minimum Gasteiger partial charge on any atom is -0.352 e. The van der Waals surface area contributed by atoms with Crippen LogP contribution in [0, 0.1) is 11.7 Å². The molecule has 0 unspecified atom stereocenters. The summed E-state index contributed by atoms with van der Waals surface area (Å²) in [6.45, 7) is 2.20. The Morgan fingerprint density at radius 1 is 1.32 bits per heavy atom. The molecule has 1 aromatic carbocycles. The Morgan fingerprint density at radius 3 is 2.92 bits per heavy atom. The van der Waals surface area contributed by atoms with Crippen LogP contribution in [0.4, 0.5) is 15.2 Å². The van der Waals surface area contributed by atoms with Crippen molar-refractivity contribution in [2.45, 2.75) is 43.0 Å². The summed E-state index contributed by atoms with van der Waals surface area (Å²) < 4.78 is 14.3. The second kappa shape index (κ2) is 8.62. The number of thioether (sulfide) groups is 1. The van der Waals surface area contributed by atoms with Gasteiger partial charge in [-0.1, -0.05) is 55.0 Å². The minimum absolute atomic E-state index is 0.0302. The van der Waals surface area contributed by atoms with Gasteiger partial charge in [-0.15, -0.1) is 10.2 Å². The van der Waals surface area contributed by atoms with Gasteiger partial charge in [-0.05, 0) is 30.9 Å². The lowest BCUT2D eigenvalue weighted by Crippen LogP contribution is -2.41. The summed E-state index contributed by atoms with van der Waals surface area (Å²) in [5.41, 5.74) is 0.360. The molecule has 2 atom stereocenters. The largest absolute Gasteiger partial charge is 0.352 e. The van der Waals surface area contributed by atoms with Crippen LogP contribution in [0.2, 0.25) is 0 Å². The van der Waals surface area contributed by atoms with E-state index in [1.807, 2.05) is 0 Å². The molecule has 5 nitrogen and oxygen atoms in total. The molecule has 1 aliphatic rings. The highest BCUT2D eigenvalue weighted by Crippen LogP contribution is 2.29. The summed E-state index contributed by atoms with van der Waals surface area (Å²) in [4.78, 5) is 12.1. The summed E-state index contributed by atoms with van der Waals surface area (Å²) in [5, 5.41) is 14.6. The fraction of sp³-hybridized carbons (Fsp3) is 0.471.